The molecule has 5 heteroatoms. The van der Waals surface area contributed by atoms with E-state index in [2.05, 4.69) is 5.32 Å². The van der Waals surface area contributed by atoms with Crippen molar-refractivity contribution in [3.05, 3.63) is 24.3 Å². The highest BCUT2D eigenvalue weighted by Gasteiger charge is 2.48. The summed E-state index contributed by atoms with van der Waals surface area (Å²) in [6, 6.07) is 7.59. The lowest BCUT2D eigenvalue weighted by atomic mass is 9.96. The number of ether oxygens (including phenoxy) is 1. The number of nitrogens with one attached hydrogen (secondary N) is 1. The van der Waals surface area contributed by atoms with Crippen molar-refractivity contribution < 1.29 is 14.3 Å². The van der Waals surface area contributed by atoms with Crippen LogP contribution in [0.1, 0.15) is 45.4 Å². The molecule has 23 heavy (non-hydrogen) atoms. The molecule has 0 spiro atoms. The van der Waals surface area contributed by atoms with Crippen molar-refractivity contribution in [2.75, 3.05) is 12.0 Å². The number of carbonyl (C=O) groups excluding carboxylic acids is 2. The van der Waals surface area contributed by atoms with Crippen molar-refractivity contribution in [2.24, 2.45) is 0 Å². The van der Waals surface area contributed by atoms with Crippen molar-refractivity contribution in [3.63, 3.8) is 0 Å². The Labute approximate surface area is 137 Å². The lowest BCUT2D eigenvalue weighted by molar-refractivity contribution is -0.127. The quantitative estimate of drug-likeness (QED) is 0.929. The Morgan fingerprint density at radius 1 is 1.35 bits per heavy atom. The minimum absolute atomic E-state index is 0.0117. The maximum absolute atomic E-state index is 12.9. The summed E-state index contributed by atoms with van der Waals surface area (Å²) in [5.41, 5.74) is -0.109. The summed E-state index contributed by atoms with van der Waals surface area (Å²) in [6.07, 6.45) is 5.34. The number of rotatable bonds is 4. The van der Waals surface area contributed by atoms with Gasteiger partial charge in [-0.25, -0.2) is 0 Å². The third kappa shape index (κ3) is 2.92. The van der Waals surface area contributed by atoms with Gasteiger partial charge in [0, 0.05) is 24.2 Å². The Hall–Kier alpha value is -2.04. The molecule has 1 saturated heterocycles. The summed E-state index contributed by atoms with van der Waals surface area (Å²) < 4.78 is 5.25. The van der Waals surface area contributed by atoms with Crippen LogP contribution >= 0.6 is 0 Å². The van der Waals surface area contributed by atoms with Gasteiger partial charge in [0.25, 0.3) is 0 Å². The fourth-order valence-corrected chi connectivity index (χ4v) is 3.65. The highest BCUT2D eigenvalue weighted by Crippen LogP contribution is 2.37. The second-order valence-corrected chi connectivity index (χ2v) is 6.66. The number of amides is 2. The maximum atomic E-state index is 12.9. The SMILES string of the molecule is COc1cccc(N2C(=O)CC[C@@]2(C)C(=O)NC2CCCC2)c1. The molecule has 0 unspecified atom stereocenters. The Morgan fingerprint density at radius 2 is 2.09 bits per heavy atom. The van der Waals surface area contributed by atoms with Gasteiger partial charge in [0.2, 0.25) is 11.8 Å². The third-order valence-corrected chi connectivity index (χ3v) is 5.06. The molecule has 5 nitrogen and oxygen atoms in total. The molecule has 0 bridgehead atoms. The number of carbonyl (C=O) groups is 2. The lowest BCUT2D eigenvalue weighted by Crippen LogP contribution is -2.56. The molecular weight excluding hydrogens is 292 g/mol. The van der Waals surface area contributed by atoms with E-state index in [1.165, 1.54) is 12.8 Å². The molecule has 124 valence electrons. The van der Waals surface area contributed by atoms with E-state index in [1.807, 2.05) is 31.2 Å². The molecule has 1 aromatic carbocycles. The van der Waals surface area contributed by atoms with Crippen LogP contribution in [-0.4, -0.2) is 30.5 Å². The number of benzene rings is 1. The van der Waals surface area contributed by atoms with Gasteiger partial charge in [-0.05, 0) is 38.3 Å². The van der Waals surface area contributed by atoms with E-state index in [4.69, 9.17) is 4.74 Å². The van der Waals surface area contributed by atoms with Crippen LogP contribution in [0.4, 0.5) is 5.69 Å². The van der Waals surface area contributed by atoms with E-state index in [-0.39, 0.29) is 17.9 Å². The zero-order chi connectivity index (χ0) is 16.4. The molecule has 0 radical (unpaired) electrons. The topological polar surface area (TPSA) is 58.6 Å². The van der Waals surface area contributed by atoms with Crippen LogP contribution < -0.4 is 15.0 Å². The van der Waals surface area contributed by atoms with Gasteiger partial charge in [-0.2, -0.15) is 0 Å². The molecule has 2 fully saturated rings. The van der Waals surface area contributed by atoms with Gasteiger partial charge in [0.1, 0.15) is 11.3 Å². The van der Waals surface area contributed by atoms with Crippen molar-refractivity contribution in [2.45, 2.75) is 57.0 Å². The van der Waals surface area contributed by atoms with Crippen molar-refractivity contribution >= 4 is 17.5 Å². The normalized spacial score (nSPS) is 25.0. The fourth-order valence-electron chi connectivity index (χ4n) is 3.65. The average molecular weight is 316 g/mol. The highest BCUT2D eigenvalue weighted by atomic mass is 16.5. The van der Waals surface area contributed by atoms with E-state index >= 15 is 0 Å². The highest BCUT2D eigenvalue weighted by molar-refractivity contribution is 6.06. The molecule has 1 heterocycles. The van der Waals surface area contributed by atoms with E-state index < -0.39 is 5.54 Å². The summed E-state index contributed by atoms with van der Waals surface area (Å²) in [5, 5.41) is 3.15. The molecule has 1 aromatic rings. The van der Waals surface area contributed by atoms with Gasteiger partial charge in [0.15, 0.2) is 0 Å². The number of hydrogen-bond donors (Lipinski definition) is 1. The molecule has 2 aliphatic rings. The summed E-state index contributed by atoms with van der Waals surface area (Å²) in [6.45, 7) is 1.86. The van der Waals surface area contributed by atoms with Crippen LogP contribution in [0.25, 0.3) is 0 Å². The lowest BCUT2D eigenvalue weighted by Gasteiger charge is -2.35. The standard InChI is InChI=1S/C18H24N2O3/c1-18(17(22)19-13-6-3-4-7-13)11-10-16(21)20(18)14-8-5-9-15(12-14)23-2/h5,8-9,12-13H,3-4,6-7,10-11H2,1-2H3,(H,19,22)/t18-/m0/s1. The van der Waals surface area contributed by atoms with E-state index in [0.717, 1.165) is 18.5 Å². The van der Waals surface area contributed by atoms with Gasteiger partial charge in [-0.15, -0.1) is 0 Å². The zero-order valence-corrected chi connectivity index (χ0v) is 13.8. The van der Waals surface area contributed by atoms with Gasteiger partial charge < -0.3 is 10.1 Å². The smallest absolute Gasteiger partial charge is 0.246 e. The van der Waals surface area contributed by atoms with Crippen molar-refractivity contribution in [1.82, 2.24) is 5.32 Å². The van der Waals surface area contributed by atoms with Crippen molar-refractivity contribution in [3.8, 4) is 5.75 Å². The minimum atomic E-state index is -0.827. The molecule has 1 aliphatic heterocycles. The van der Waals surface area contributed by atoms with Gasteiger partial charge in [0.05, 0.1) is 7.11 Å². The number of hydrogen-bond acceptors (Lipinski definition) is 3. The summed E-state index contributed by atoms with van der Waals surface area (Å²) in [7, 11) is 1.59. The first kappa shape index (κ1) is 15.8. The Bertz CT molecular complexity index is 610. The summed E-state index contributed by atoms with van der Waals surface area (Å²) >= 11 is 0. The Morgan fingerprint density at radius 3 is 2.78 bits per heavy atom. The van der Waals surface area contributed by atoms with Crippen LogP contribution in [0.5, 0.6) is 5.75 Å². The van der Waals surface area contributed by atoms with Crippen LogP contribution in [0.15, 0.2) is 24.3 Å². The third-order valence-electron chi connectivity index (χ3n) is 5.06. The average Bonchev–Trinajstić information content (AvgIpc) is 3.16. The molecule has 3 rings (SSSR count). The van der Waals surface area contributed by atoms with Crippen molar-refractivity contribution in [1.29, 1.82) is 0 Å². The number of anilines is 1. The van der Waals surface area contributed by atoms with Crippen LogP contribution in [0.3, 0.4) is 0 Å². The predicted molar refractivity (Wildman–Crippen MR) is 88.5 cm³/mol. The second-order valence-electron chi connectivity index (χ2n) is 6.66. The van der Waals surface area contributed by atoms with Gasteiger partial charge in [-0.1, -0.05) is 18.9 Å². The van der Waals surface area contributed by atoms with Gasteiger partial charge in [-0.3, -0.25) is 14.5 Å². The van der Waals surface area contributed by atoms with E-state index in [0.29, 0.717) is 18.6 Å². The minimum Gasteiger partial charge on any atom is -0.497 e. The zero-order valence-electron chi connectivity index (χ0n) is 13.8. The molecule has 1 saturated carbocycles. The monoisotopic (exact) mass is 316 g/mol. The predicted octanol–water partition coefficient (Wildman–Crippen LogP) is 2.64. The van der Waals surface area contributed by atoms with Crippen LogP contribution in [0.2, 0.25) is 0 Å². The Balaban J connectivity index is 1.86. The molecule has 2 amide bonds. The first-order valence-corrected chi connectivity index (χ1v) is 8.33. The molecule has 1 aliphatic carbocycles. The number of nitrogens with zero attached hydrogens (tertiary/aromatic N) is 1. The first-order chi connectivity index (χ1) is 11.0. The van der Waals surface area contributed by atoms with Crippen LogP contribution in [0, 0.1) is 0 Å². The van der Waals surface area contributed by atoms with E-state index in [1.54, 1.807) is 12.0 Å². The molecule has 1 atom stereocenters. The van der Waals surface area contributed by atoms with E-state index in [9.17, 15) is 9.59 Å². The van der Waals surface area contributed by atoms with Crippen LogP contribution in [-0.2, 0) is 9.59 Å². The molecule has 1 N–H and O–H groups in total. The molecular formula is C18H24N2O3. The second kappa shape index (κ2) is 6.22. The fraction of sp³-hybridized carbons (Fsp3) is 0.556. The number of methoxy groups -OCH3 is 1. The largest absolute Gasteiger partial charge is 0.497 e. The first-order valence-electron chi connectivity index (χ1n) is 8.33. The Kier molecular flexibility index (Phi) is 4.28. The molecule has 0 aromatic heterocycles. The maximum Gasteiger partial charge on any atom is 0.246 e. The van der Waals surface area contributed by atoms with Gasteiger partial charge >= 0.3 is 0 Å². The summed E-state index contributed by atoms with van der Waals surface area (Å²) in [4.78, 5) is 26.9. The summed E-state index contributed by atoms with van der Waals surface area (Å²) in [5.74, 6) is 0.626.